The highest BCUT2D eigenvalue weighted by Crippen LogP contribution is 2.30. The Hall–Kier alpha value is -3.09. The molecule has 132 valence electrons. The quantitative estimate of drug-likeness (QED) is 0.835. The monoisotopic (exact) mass is 344 g/mol. The van der Waals surface area contributed by atoms with Gasteiger partial charge in [-0.1, -0.05) is 0 Å². The number of benzene rings is 1. The number of ether oxygens (including phenoxy) is 2. The maximum Gasteiger partial charge on any atom is 0.337 e. The van der Waals surface area contributed by atoms with Gasteiger partial charge in [0.25, 0.3) is 5.91 Å². The van der Waals surface area contributed by atoms with E-state index in [0.29, 0.717) is 17.2 Å². The number of amides is 1. The van der Waals surface area contributed by atoms with Crippen molar-refractivity contribution in [2.45, 2.75) is 26.9 Å². The molecule has 0 radical (unpaired) electrons. The van der Waals surface area contributed by atoms with Crippen LogP contribution in [0.1, 0.15) is 40.4 Å². The zero-order valence-corrected chi connectivity index (χ0v) is 14.5. The molecule has 0 bridgehead atoms. The lowest BCUT2D eigenvalue weighted by Crippen LogP contribution is -2.17. The number of carboxylic acid groups (broad SMARTS) is 1. The molecule has 1 aromatic carbocycles. The second-order valence-corrected chi connectivity index (χ2v) is 5.62. The first kappa shape index (κ1) is 18.3. The van der Waals surface area contributed by atoms with Crippen LogP contribution in [-0.4, -0.2) is 35.2 Å². The zero-order chi connectivity index (χ0) is 18.6. The van der Waals surface area contributed by atoms with Crippen molar-refractivity contribution in [3.63, 3.8) is 0 Å². The normalized spacial score (nSPS) is 10.4. The SMILES string of the molecule is COc1ccc(OC(C)C)c(NC(=O)c2ccc(C(=O)O)c(C)n2)c1. The Kier molecular flexibility index (Phi) is 5.59. The number of hydrogen-bond acceptors (Lipinski definition) is 5. The third-order valence-electron chi connectivity index (χ3n) is 3.35. The molecule has 0 saturated heterocycles. The number of anilines is 1. The topological polar surface area (TPSA) is 97.8 Å². The van der Waals surface area contributed by atoms with Gasteiger partial charge in [0.1, 0.15) is 17.2 Å². The zero-order valence-electron chi connectivity index (χ0n) is 14.5. The van der Waals surface area contributed by atoms with Gasteiger partial charge in [-0.15, -0.1) is 0 Å². The Bertz CT molecular complexity index is 802. The van der Waals surface area contributed by atoms with E-state index >= 15 is 0 Å². The van der Waals surface area contributed by atoms with Gasteiger partial charge in [-0.3, -0.25) is 4.79 Å². The number of nitrogens with zero attached hydrogens (tertiary/aromatic N) is 1. The van der Waals surface area contributed by atoms with E-state index in [4.69, 9.17) is 14.6 Å². The van der Waals surface area contributed by atoms with E-state index in [1.54, 1.807) is 25.1 Å². The van der Waals surface area contributed by atoms with E-state index in [0.717, 1.165) is 0 Å². The average Bonchev–Trinajstić information content (AvgIpc) is 2.55. The highest BCUT2D eigenvalue weighted by molar-refractivity contribution is 6.04. The fourth-order valence-corrected chi connectivity index (χ4v) is 2.19. The van der Waals surface area contributed by atoms with Gasteiger partial charge < -0.3 is 19.9 Å². The standard InChI is InChI=1S/C18H20N2O5/c1-10(2)25-16-8-5-12(24-4)9-15(16)20-17(21)14-7-6-13(18(22)23)11(3)19-14/h5-10H,1-4H3,(H,20,21)(H,22,23). The van der Waals surface area contributed by atoms with Crippen molar-refractivity contribution in [3.05, 3.63) is 47.3 Å². The lowest BCUT2D eigenvalue weighted by atomic mass is 10.2. The minimum Gasteiger partial charge on any atom is -0.497 e. The maximum absolute atomic E-state index is 12.5. The molecule has 7 nitrogen and oxygen atoms in total. The van der Waals surface area contributed by atoms with Crippen molar-refractivity contribution in [2.75, 3.05) is 12.4 Å². The first-order chi connectivity index (χ1) is 11.8. The van der Waals surface area contributed by atoms with Gasteiger partial charge in [0, 0.05) is 6.07 Å². The lowest BCUT2D eigenvalue weighted by Gasteiger charge is -2.16. The van der Waals surface area contributed by atoms with Gasteiger partial charge in [-0.05, 0) is 45.0 Å². The van der Waals surface area contributed by atoms with Gasteiger partial charge >= 0.3 is 5.97 Å². The molecule has 7 heteroatoms. The van der Waals surface area contributed by atoms with Gasteiger partial charge in [-0.2, -0.15) is 0 Å². The number of nitrogens with one attached hydrogen (secondary N) is 1. The summed E-state index contributed by atoms with van der Waals surface area (Å²) in [6, 6.07) is 7.82. The maximum atomic E-state index is 12.5. The smallest absolute Gasteiger partial charge is 0.337 e. The summed E-state index contributed by atoms with van der Waals surface area (Å²) in [6.07, 6.45) is -0.0701. The van der Waals surface area contributed by atoms with E-state index in [1.165, 1.54) is 19.2 Å². The van der Waals surface area contributed by atoms with Crippen molar-refractivity contribution in [1.29, 1.82) is 0 Å². The number of aromatic nitrogens is 1. The number of aryl methyl sites for hydroxylation is 1. The molecule has 0 spiro atoms. The fourth-order valence-electron chi connectivity index (χ4n) is 2.19. The summed E-state index contributed by atoms with van der Waals surface area (Å²) in [5.74, 6) is -0.487. The molecular formula is C18H20N2O5. The molecule has 0 fully saturated rings. The molecule has 0 aliphatic rings. The molecule has 1 amide bonds. The number of pyridine rings is 1. The third kappa shape index (κ3) is 4.47. The van der Waals surface area contributed by atoms with E-state index in [9.17, 15) is 9.59 Å². The van der Waals surface area contributed by atoms with E-state index in [-0.39, 0.29) is 23.1 Å². The summed E-state index contributed by atoms with van der Waals surface area (Å²) in [4.78, 5) is 27.6. The largest absolute Gasteiger partial charge is 0.497 e. The van der Waals surface area contributed by atoms with Crippen LogP contribution in [0, 0.1) is 6.92 Å². The lowest BCUT2D eigenvalue weighted by molar-refractivity contribution is 0.0695. The Balaban J connectivity index is 2.30. The highest BCUT2D eigenvalue weighted by Gasteiger charge is 2.16. The average molecular weight is 344 g/mol. The van der Waals surface area contributed by atoms with E-state index in [2.05, 4.69) is 10.3 Å². The molecule has 0 saturated carbocycles. The summed E-state index contributed by atoms with van der Waals surface area (Å²) >= 11 is 0. The van der Waals surface area contributed by atoms with Gasteiger partial charge in [0.15, 0.2) is 0 Å². The Morgan fingerprint density at radius 1 is 1.20 bits per heavy atom. The number of methoxy groups -OCH3 is 1. The van der Waals surface area contributed by atoms with Crippen LogP contribution in [0.2, 0.25) is 0 Å². The van der Waals surface area contributed by atoms with Gasteiger partial charge in [0.2, 0.25) is 0 Å². The van der Waals surface area contributed by atoms with Crippen LogP contribution >= 0.6 is 0 Å². The van der Waals surface area contributed by atoms with Crippen molar-refractivity contribution in [1.82, 2.24) is 4.98 Å². The summed E-state index contributed by atoms with van der Waals surface area (Å²) in [6.45, 7) is 5.30. The molecule has 0 aliphatic heterocycles. The number of hydrogen-bond donors (Lipinski definition) is 2. The van der Waals surface area contributed by atoms with Crippen LogP contribution in [0.15, 0.2) is 30.3 Å². The fraction of sp³-hybridized carbons (Fsp3) is 0.278. The van der Waals surface area contributed by atoms with Crippen LogP contribution in [0.3, 0.4) is 0 Å². The molecule has 1 heterocycles. The van der Waals surface area contributed by atoms with Gasteiger partial charge in [-0.25, -0.2) is 9.78 Å². The molecule has 2 aromatic rings. The summed E-state index contributed by atoms with van der Waals surface area (Å²) in [5.41, 5.74) is 0.881. The van der Waals surface area contributed by atoms with Crippen LogP contribution in [-0.2, 0) is 0 Å². The van der Waals surface area contributed by atoms with Crippen LogP contribution < -0.4 is 14.8 Å². The number of carbonyl (C=O) groups excluding carboxylic acids is 1. The summed E-state index contributed by atoms with van der Waals surface area (Å²) in [5, 5.41) is 11.8. The van der Waals surface area contributed by atoms with E-state index in [1.807, 2.05) is 13.8 Å². The molecule has 0 unspecified atom stereocenters. The van der Waals surface area contributed by atoms with Gasteiger partial charge in [0.05, 0.1) is 30.2 Å². The van der Waals surface area contributed by atoms with Crippen LogP contribution in [0.5, 0.6) is 11.5 Å². The summed E-state index contributed by atoms with van der Waals surface area (Å²) < 4.78 is 10.9. The van der Waals surface area contributed by atoms with Crippen LogP contribution in [0.4, 0.5) is 5.69 Å². The van der Waals surface area contributed by atoms with Crippen molar-refractivity contribution in [2.24, 2.45) is 0 Å². The second kappa shape index (κ2) is 7.65. The minimum absolute atomic E-state index is 0.0572. The number of carbonyl (C=O) groups is 2. The molecule has 25 heavy (non-hydrogen) atoms. The molecule has 1 aromatic heterocycles. The van der Waals surface area contributed by atoms with Crippen LogP contribution in [0.25, 0.3) is 0 Å². The Labute approximate surface area is 145 Å². The Morgan fingerprint density at radius 3 is 2.48 bits per heavy atom. The minimum atomic E-state index is -1.09. The second-order valence-electron chi connectivity index (χ2n) is 5.62. The highest BCUT2D eigenvalue weighted by atomic mass is 16.5. The predicted molar refractivity (Wildman–Crippen MR) is 92.6 cm³/mol. The molecule has 2 rings (SSSR count). The summed E-state index contributed by atoms with van der Waals surface area (Å²) in [7, 11) is 1.53. The molecular weight excluding hydrogens is 324 g/mol. The van der Waals surface area contributed by atoms with E-state index < -0.39 is 11.9 Å². The number of carboxylic acids is 1. The number of aromatic carboxylic acids is 1. The van der Waals surface area contributed by atoms with Crippen molar-refractivity contribution >= 4 is 17.6 Å². The first-order valence-electron chi connectivity index (χ1n) is 7.68. The first-order valence-corrected chi connectivity index (χ1v) is 7.68. The Morgan fingerprint density at radius 2 is 1.92 bits per heavy atom. The third-order valence-corrected chi connectivity index (χ3v) is 3.35. The van der Waals surface area contributed by atoms with Crippen molar-refractivity contribution < 1.29 is 24.2 Å². The molecule has 0 aliphatic carbocycles. The van der Waals surface area contributed by atoms with Crippen molar-refractivity contribution in [3.8, 4) is 11.5 Å². The predicted octanol–water partition coefficient (Wildman–Crippen LogP) is 3.14. The number of rotatable bonds is 6. The molecule has 2 N–H and O–H groups in total. The molecule has 0 atom stereocenters.